The third kappa shape index (κ3) is 3.08. The van der Waals surface area contributed by atoms with Crippen molar-refractivity contribution >= 4 is 0 Å². The van der Waals surface area contributed by atoms with Gasteiger partial charge in [0.2, 0.25) is 0 Å². The number of rotatable bonds is 3. The molecule has 0 aliphatic carbocycles. The Morgan fingerprint density at radius 2 is 1.25 bits per heavy atom. The van der Waals surface area contributed by atoms with Crippen LogP contribution < -0.4 is 0 Å². The minimum atomic E-state index is -0.755. The van der Waals surface area contributed by atoms with Crippen molar-refractivity contribution in [3.05, 3.63) is 34.9 Å². The van der Waals surface area contributed by atoms with E-state index >= 15 is 0 Å². The van der Waals surface area contributed by atoms with Crippen molar-refractivity contribution < 1.29 is 5.11 Å². The lowest BCUT2D eigenvalue weighted by molar-refractivity contribution is 0.0784. The second kappa shape index (κ2) is 4.58. The van der Waals surface area contributed by atoms with Crippen molar-refractivity contribution in [3.8, 4) is 0 Å². The summed E-state index contributed by atoms with van der Waals surface area (Å²) in [5.74, 6) is 1.000. The van der Waals surface area contributed by atoms with Crippen LogP contribution in [0.2, 0.25) is 0 Å². The fraction of sp³-hybridized carbons (Fsp3) is 0.600. The normalized spacial score (nSPS) is 12.6. The molecule has 0 aliphatic heterocycles. The highest BCUT2D eigenvalue weighted by Crippen LogP contribution is 2.28. The first-order valence-electron chi connectivity index (χ1n) is 6.09. The lowest BCUT2D eigenvalue weighted by Gasteiger charge is -2.22. The maximum absolute atomic E-state index is 10.1. The SMILES string of the molecule is CC(C)c1cc(C(C)C)cc(C(C)(C)O)c1. The molecule has 90 valence electrons. The van der Waals surface area contributed by atoms with E-state index in [4.69, 9.17) is 0 Å². The van der Waals surface area contributed by atoms with Crippen LogP contribution in [0.4, 0.5) is 0 Å². The highest BCUT2D eigenvalue weighted by Gasteiger charge is 2.18. The standard InChI is InChI=1S/C15H24O/c1-10(2)12-7-13(11(3)4)9-14(8-12)15(5,6)16/h7-11,16H,1-6H3. The molecule has 0 amide bonds. The highest BCUT2D eigenvalue weighted by atomic mass is 16.3. The summed E-state index contributed by atoms with van der Waals surface area (Å²) < 4.78 is 0. The van der Waals surface area contributed by atoms with Gasteiger partial charge < -0.3 is 5.11 Å². The molecule has 1 heteroatoms. The maximum atomic E-state index is 10.1. The van der Waals surface area contributed by atoms with E-state index < -0.39 is 5.60 Å². The molecule has 0 radical (unpaired) electrons. The van der Waals surface area contributed by atoms with Gasteiger partial charge in [-0.2, -0.15) is 0 Å². The van der Waals surface area contributed by atoms with Crippen molar-refractivity contribution in [2.75, 3.05) is 0 Å². The molecule has 0 aromatic heterocycles. The summed E-state index contributed by atoms with van der Waals surface area (Å²) in [5.41, 5.74) is 2.88. The Balaban J connectivity index is 3.30. The summed E-state index contributed by atoms with van der Waals surface area (Å²) in [6.07, 6.45) is 0. The van der Waals surface area contributed by atoms with Gasteiger partial charge in [0.05, 0.1) is 5.60 Å². The molecule has 1 N–H and O–H groups in total. The van der Waals surface area contributed by atoms with Gasteiger partial charge in [-0.3, -0.25) is 0 Å². The molecule has 1 aromatic rings. The molecule has 1 rings (SSSR count). The predicted molar refractivity (Wildman–Crippen MR) is 69.9 cm³/mol. The van der Waals surface area contributed by atoms with Crippen LogP contribution >= 0.6 is 0 Å². The van der Waals surface area contributed by atoms with Crippen molar-refractivity contribution in [2.24, 2.45) is 0 Å². The van der Waals surface area contributed by atoms with Gasteiger partial charge in [0.25, 0.3) is 0 Å². The molecule has 0 atom stereocenters. The molecule has 0 saturated heterocycles. The van der Waals surface area contributed by atoms with Crippen LogP contribution in [0.25, 0.3) is 0 Å². The third-order valence-corrected chi connectivity index (χ3v) is 3.02. The second-order valence-corrected chi connectivity index (χ2v) is 5.76. The lowest BCUT2D eigenvalue weighted by atomic mass is 9.88. The molecule has 0 spiro atoms. The minimum absolute atomic E-state index is 0.500. The Labute approximate surface area is 99.5 Å². The van der Waals surface area contributed by atoms with Crippen LogP contribution in [0.1, 0.15) is 70.1 Å². The molecule has 0 heterocycles. The van der Waals surface area contributed by atoms with Crippen molar-refractivity contribution in [2.45, 2.75) is 59.0 Å². The van der Waals surface area contributed by atoms with Crippen molar-refractivity contribution in [1.82, 2.24) is 0 Å². The molecule has 0 fully saturated rings. The van der Waals surface area contributed by atoms with Crippen LogP contribution in [0.3, 0.4) is 0 Å². The average molecular weight is 220 g/mol. The molecule has 16 heavy (non-hydrogen) atoms. The molecule has 0 saturated carbocycles. The van der Waals surface area contributed by atoms with E-state index in [1.54, 1.807) is 0 Å². The number of hydrogen-bond acceptors (Lipinski definition) is 1. The van der Waals surface area contributed by atoms with Gasteiger partial charge in [-0.15, -0.1) is 0 Å². The summed E-state index contributed by atoms with van der Waals surface area (Å²) in [6, 6.07) is 6.50. The molecule has 1 aromatic carbocycles. The maximum Gasteiger partial charge on any atom is 0.0840 e. The first-order valence-corrected chi connectivity index (χ1v) is 6.09. The van der Waals surface area contributed by atoms with Crippen LogP contribution in [-0.2, 0) is 5.60 Å². The van der Waals surface area contributed by atoms with E-state index in [2.05, 4.69) is 45.9 Å². The van der Waals surface area contributed by atoms with E-state index in [0.717, 1.165) is 5.56 Å². The Hall–Kier alpha value is -0.820. The largest absolute Gasteiger partial charge is 0.386 e. The van der Waals surface area contributed by atoms with Crippen molar-refractivity contribution in [3.63, 3.8) is 0 Å². The Kier molecular flexibility index (Phi) is 3.80. The van der Waals surface area contributed by atoms with Gasteiger partial charge in [-0.1, -0.05) is 45.9 Å². The molecule has 0 bridgehead atoms. The van der Waals surface area contributed by atoms with Gasteiger partial charge in [0.15, 0.2) is 0 Å². The summed E-state index contributed by atoms with van der Waals surface area (Å²) >= 11 is 0. The topological polar surface area (TPSA) is 20.2 Å². The van der Waals surface area contributed by atoms with E-state index in [1.807, 2.05) is 13.8 Å². The fourth-order valence-electron chi connectivity index (χ4n) is 1.70. The van der Waals surface area contributed by atoms with E-state index in [-0.39, 0.29) is 0 Å². The molecule has 0 aliphatic rings. The van der Waals surface area contributed by atoms with Gasteiger partial charge in [-0.25, -0.2) is 0 Å². The van der Waals surface area contributed by atoms with E-state index in [1.165, 1.54) is 11.1 Å². The molecule has 1 nitrogen and oxygen atoms in total. The second-order valence-electron chi connectivity index (χ2n) is 5.76. The van der Waals surface area contributed by atoms with Crippen molar-refractivity contribution in [1.29, 1.82) is 0 Å². The lowest BCUT2D eigenvalue weighted by Crippen LogP contribution is -2.16. The summed E-state index contributed by atoms with van der Waals surface area (Å²) in [7, 11) is 0. The first kappa shape index (κ1) is 13.2. The van der Waals surface area contributed by atoms with Gasteiger partial charge in [0, 0.05) is 0 Å². The van der Waals surface area contributed by atoms with E-state index in [9.17, 15) is 5.11 Å². The highest BCUT2D eigenvalue weighted by molar-refractivity contribution is 5.36. The Bertz CT molecular complexity index is 330. The summed E-state index contributed by atoms with van der Waals surface area (Å²) in [6.45, 7) is 12.4. The summed E-state index contributed by atoms with van der Waals surface area (Å²) in [4.78, 5) is 0. The number of benzene rings is 1. The van der Waals surface area contributed by atoms with Gasteiger partial charge >= 0.3 is 0 Å². The smallest absolute Gasteiger partial charge is 0.0840 e. The monoisotopic (exact) mass is 220 g/mol. The van der Waals surface area contributed by atoms with Crippen LogP contribution in [-0.4, -0.2) is 5.11 Å². The fourth-order valence-corrected chi connectivity index (χ4v) is 1.70. The zero-order valence-electron chi connectivity index (χ0n) is 11.3. The first-order chi connectivity index (χ1) is 7.21. The minimum Gasteiger partial charge on any atom is -0.386 e. The van der Waals surface area contributed by atoms with E-state index in [0.29, 0.717) is 11.8 Å². The quantitative estimate of drug-likeness (QED) is 0.811. The average Bonchev–Trinajstić information content (AvgIpc) is 2.15. The van der Waals surface area contributed by atoms with Gasteiger partial charge in [-0.05, 0) is 42.4 Å². The number of aliphatic hydroxyl groups is 1. The zero-order chi connectivity index (χ0) is 12.5. The molecular formula is C15H24O. The third-order valence-electron chi connectivity index (χ3n) is 3.02. The predicted octanol–water partition coefficient (Wildman–Crippen LogP) is 4.16. The number of hydrogen-bond donors (Lipinski definition) is 1. The zero-order valence-corrected chi connectivity index (χ0v) is 11.3. The Morgan fingerprint density at radius 3 is 1.50 bits per heavy atom. The molecule has 0 unspecified atom stereocenters. The Morgan fingerprint density at radius 1 is 0.875 bits per heavy atom. The summed E-state index contributed by atoms with van der Waals surface area (Å²) in [5, 5.41) is 10.1. The molecular weight excluding hydrogens is 196 g/mol. The van der Waals surface area contributed by atoms with Gasteiger partial charge in [0.1, 0.15) is 0 Å². The van der Waals surface area contributed by atoms with Crippen LogP contribution in [0, 0.1) is 0 Å². The van der Waals surface area contributed by atoms with Crippen LogP contribution in [0.15, 0.2) is 18.2 Å². The van der Waals surface area contributed by atoms with Crippen LogP contribution in [0.5, 0.6) is 0 Å².